The van der Waals surface area contributed by atoms with Gasteiger partial charge in [-0.1, -0.05) is 229 Å². The summed E-state index contributed by atoms with van der Waals surface area (Å²) in [5.41, 5.74) is 0. The zero-order valence-corrected chi connectivity index (χ0v) is 42.0. The molecule has 64 heavy (non-hydrogen) atoms. The Morgan fingerprint density at radius 2 is 0.656 bits per heavy atom. The molecule has 0 N–H and O–H groups in total. The molecule has 368 valence electrons. The summed E-state index contributed by atoms with van der Waals surface area (Å²) in [6.07, 6.45) is 66.0. The van der Waals surface area contributed by atoms with Gasteiger partial charge < -0.3 is 14.2 Å². The van der Waals surface area contributed by atoms with Gasteiger partial charge in [0.1, 0.15) is 13.2 Å². The molecular weight excluding hydrogens is 793 g/mol. The van der Waals surface area contributed by atoms with E-state index in [0.29, 0.717) is 19.3 Å². The molecule has 0 aliphatic heterocycles. The monoisotopic (exact) mass is 893 g/mol. The van der Waals surface area contributed by atoms with Gasteiger partial charge in [-0.15, -0.1) is 0 Å². The average molecular weight is 893 g/mol. The highest BCUT2D eigenvalue weighted by atomic mass is 16.6. The molecule has 0 radical (unpaired) electrons. The first-order chi connectivity index (χ1) is 31.5. The van der Waals surface area contributed by atoms with E-state index in [1.165, 1.54) is 116 Å². The van der Waals surface area contributed by atoms with Gasteiger partial charge in [0.2, 0.25) is 0 Å². The van der Waals surface area contributed by atoms with Crippen molar-refractivity contribution in [2.24, 2.45) is 0 Å². The Morgan fingerprint density at radius 1 is 0.344 bits per heavy atom. The fraction of sp³-hybridized carbons (Fsp3) is 0.741. The fourth-order valence-corrected chi connectivity index (χ4v) is 7.42. The van der Waals surface area contributed by atoms with Crippen LogP contribution in [0.4, 0.5) is 0 Å². The molecule has 0 aromatic heterocycles. The number of esters is 3. The number of unbranched alkanes of at least 4 members (excludes halogenated alkanes) is 26. The van der Waals surface area contributed by atoms with Crippen molar-refractivity contribution >= 4 is 17.9 Å². The Kier molecular flexibility index (Phi) is 49.9. The van der Waals surface area contributed by atoms with Gasteiger partial charge in [0, 0.05) is 19.3 Å². The molecule has 0 amide bonds. The van der Waals surface area contributed by atoms with Crippen LogP contribution < -0.4 is 0 Å². The lowest BCUT2D eigenvalue weighted by Gasteiger charge is -2.18. The predicted molar refractivity (Wildman–Crippen MR) is 274 cm³/mol. The van der Waals surface area contributed by atoms with Crippen molar-refractivity contribution in [1.29, 1.82) is 0 Å². The maximum absolute atomic E-state index is 12.8. The van der Waals surface area contributed by atoms with Crippen molar-refractivity contribution in [1.82, 2.24) is 0 Å². The summed E-state index contributed by atoms with van der Waals surface area (Å²) in [5, 5.41) is 0. The van der Waals surface area contributed by atoms with Crippen molar-refractivity contribution in [3.8, 4) is 0 Å². The molecule has 1 atom stereocenters. The van der Waals surface area contributed by atoms with E-state index in [4.69, 9.17) is 14.2 Å². The Morgan fingerprint density at radius 3 is 1.06 bits per heavy atom. The van der Waals surface area contributed by atoms with E-state index in [1.807, 2.05) is 0 Å². The number of hydrogen-bond donors (Lipinski definition) is 0. The fourth-order valence-electron chi connectivity index (χ4n) is 7.42. The van der Waals surface area contributed by atoms with Crippen LogP contribution >= 0.6 is 0 Å². The maximum atomic E-state index is 12.8. The first-order valence-electron chi connectivity index (χ1n) is 27.0. The molecule has 0 heterocycles. The minimum absolute atomic E-state index is 0.0892. The molecule has 0 fully saturated rings. The molecule has 0 rings (SSSR count). The molecule has 0 aliphatic rings. The molecular formula is C58H100O6. The molecule has 0 aromatic carbocycles. The van der Waals surface area contributed by atoms with Crippen LogP contribution in [-0.2, 0) is 28.6 Å². The standard InChI is InChI=1S/C58H100O6/c1-4-7-10-13-16-19-22-24-26-28-29-30-32-33-36-39-42-45-48-51-57(60)63-54-55(53-62-56(59)50-47-44-41-38-35-21-18-15-12-9-6-3)64-58(61)52-49-46-43-40-37-34-31-27-25-23-20-17-14-11-8-5-2/h7,10,16,19,24,26-27,29-31,34,37,55H,4-6,8-9,11-15,17-18,20-23,25,28,32-33,35-36,38-54H2,1-3H3/b10-7-,19-16-,26-24-,30-29-,31-27-,37-34-. The summed E-state index contributed by atoms with van der Waals surface area (Å²) >= 11 is 0. The molecule has 0 aromatic rings. The van der Waals surface area contributed by atoms with Gasteiger partial charge in [-0.3, -0.25) is 14.4 Å². The molecule has 0 bridgehead atoms. The van der Waals surface area contributed by atoms with Crippen LogP contribution in [0.2, 0.25) is 0 Å². The van der Waals surface area contributed by atoms with Crippen LogP contribution in [-0.4, -0.2) is 37.2 Å². The zero-order valence-electron chi connectivity index (χ0n) is 42.0. The Labute approximate surface area is 395 Å². The summed E-state index contributed by atoms with van der Waals surface area (Å²) in [7, 11) is 0. The van der Waals surface area contributed by atoms with Crippen LogP contribution in [0.25, 0.3) is 0 Å². The van der Waals surface area contributed by atoms with Gasteiger partial charge in [0.05, 0.1) is 0 Å². The normalized spacial score (nSPS) is 12.6. The molecule has 0 saturated heterocycles. The van der Waals surface area contributed by atoms with E-state index >= 15 is 0 Å². The van der Waals surface area contributed by atoms with Crippen molar-refractivity contribution in [3.05, 3.63) is 72.9 Å². The second-order valence-electron chi connectivity index (χ2n) is 17.8. The highest BCUT2D eigenvalue weighted by Crippen LogP contribution is 2.14. The van der Waals surface area contributed by atoms with Gasteiger partial charge in [0.25, 0.3) is 0 Å². The number of carbonyl (C=O) groups is 3. The third-order valence-electron chi connectivity index (χ3n) is 11.5. The summed E-state index contributed by atoms with van der Waals surface area (Å²) in [6.45, 7) is 6.49. The second-order valence-corrected chi connectivity index (χ2v) is 17.8. The lowest BCUT2D eigenvalue weighted by atomic mass is 10.1. The number of carbonyl (C=O) groups excluding carboxylic acids is 3. The third kappa shape index (κ3) is 49.9. The smallest absolute Gasteiger partial charge is 0.306 e. The number of allylic oxidation sites excluding steroid dienone is 12. The molecule has 0 saturated carbocycles. The number of rotatable bonds is 48. The minimum atomic E-state index is -0.793. The van der Waals surface area contributed by atoms with Crippen LogP contribution in [0.15, 0.2) is 72.9 Å². The van der Waals surface area contributed by atoms with Crippen LogP contribution in [0.5, 0.6) is 0 Å². The van der Waals surface area contributed by atoms with Crippen molar-refractivity contribution in [3.63, 3.8) is 0 Å². The van der Waals surface area contributed by atoms with Gasteiger partial charge in [-0.05, 0) is 83.5 Å². The Hall–Kier alpha value is -3.15. The van der Waals surface area contributed by atoms with Gasteiger partial charge >= 0.3 is 17.9 Å². The molecule has 0 spiro atoms. The minimum Gasteiger partial charge on any atom is -0.462 e. The summed E-state index contributed by atoms with van der Waals surface area (Å²) in [5.74, 6) is -0.927. The summed E-state index contributed by atoms with van der Waals surface area (Å²) in [6, 6.07) is 0. The average Bonchev–Trinajstić information content (AvgIpc) is 3.29. The molecule has 6 nitrogen and oxygen atoms in total. The van der Waals surface area contributed by atoms with Gasteiger partial charge in [-0.25, -0.2) is 0 Å². The molecule has 0 aliphatic carbocycles. The zero-order chi connectivity index (χ0) is 46.5. The Balaban J connectivity index is 4.41. The third-order valence-corrected chi connectivity index (χ3v) is 11.5. The van der Waals surface area contributed by atoms with E-state index < -0.39 is 6.10 Å². The molecule has 6 heteroatoms. The first-order valence-corrected chi connectivity index (χ1v) is 27.0. The van der Waals surface area contributed by atoms with E-state index in [1.54, 1.807) is 0 Å². The highest BCUT2D eigenvalue weighted by molar-refractivity contribution is 5.71. The van der Waals surface area contributed by atoms with Crippen LogP contribution in [0.1, 0.15) is 258 Å². The topological polar surface area (TPSA) is 78.9 Å². The maximum Gasteiger partial charge on any atom is 0.306 e. The van der Waals surface area contributed by atoms with Gasteiger partial charge in [0.15, 0.2) is 6.10 Å². The van der Waals surface area contributed by atoms with Crippen LogP contribution in [0.3, 0.4) is 0 Å². The lowest BCUT2D eigenvalue weighted by molar-refractivity contribution is -0.167. The predicted octanol–water partition coefficient (Wildman–Crippen LogP) is 17.8. The van der Waals surface area contributed by atoms with Crippen LogP contribution in [0, 0.1) is 0 Å². The van der Waals surface area contributed by atoms with Crippen molar-refractivity contribution in [2.75, 3.05) is 13.2 Å². The summed E-state index contributed by atoms with van der Waals surface area (Å²) in [4.78, 5) is 38.0. The summed E-state index contributed by atoms with van der Waals surface area (Å²) < 4.78 is 16.8. The number of ether oxygens (including phenoxy) is 3. The SMILES string of the molecule is CC/C=C\C/C=C\C/C=C\C/C=C\CCCCCCCCC(=O)OCC(COC(=O)CCCCCCCCCCCCC)OC(=O)CCCCC/C=C\C=C/CCCCCCCCC. The van der Waals surface area contributed by atoms with Crippen molar-refractivity contribution in [2.45, 2.75) is 264 Å². The second kappa shape index (κ2) is 52.5. The number of hydrogen-bond acceptors (Lipinski definition) is 6. The van der Waals surface area contributed by atoms with E-state index in [-0.39, 0.29) is 31.1 Å². The highest BCUT2D eigenvalue weighted by Gasteiger charge is 2.19. The van der Waals surface area contributed by atoms with E-state index in [0.717, 1.165) is 103 Å². The first kappa shape index (κ1) is 60.9. The van der Waals surface area contributed by atoms with Gasteiger partial charge in [-0.2, -0.15) is 0 Å². The lowest BCUT2D eigenvalue weighted by Crippen LogP contribution is -2.30. The largest absolute Gasteiger partial charge is 0.462 e. The Bertz CT molecular complexity index is 1210. The molecule has 1 unspecified atom stereocenters. The van der Waals surface area contributed by atoms with E-state index in [2.05, 4.69) is 93.7 Å². The van der Waals surface area contributed by atoms with E-state index in [9.17, 15) is 14.4 Å². The quantitative estimate of drug-likeness (QED) is 0.0199. The van der Waals surface area contributed by atoms with Crippen molar-refractivity contribution < 1.29 is 28.6 Å².